The van der Waals surface area contributed by atoms with E-state index in [1.807, 2.05) is 12.1 Å². The Morgan fingerprint density at radius 3 is 3.27 bits per heavy atom. The summed E-state index contributed by atoms with van der Waals surface area (Å²) in [5, 5.41) is 9.79. The normalized spacial score (nSPS) is 10.1. The van der Waals surface area contributed by atoms with Gasteiger partial charge in [-0.25, -0.2) is 0 Å². The van der Waals surface area contributed by atoms with Crippen molar-refractivity contribution < 1.29 is 0 Å². The molecule has 0 spiro atoms. The van der Waals surface area contributed by atoms with E-state index in [1.54, 1.807) is 6.20 Å². The molecule has 2 aromatic heterocycles. The van der Waals surface area contributed by atoms with Crippen LogP contribution in [0.15, 0.2) is 18.3 Å². The standard InChI is InChI=1S/C6H3N3PS/c7-10-6-4-2-1-3-8-5(4)9-11-6/h1-3H/q+1. The van der Waals surface area contributed by atoms with Gasteiger partial charge in [0.2, 0.25) is 0 Å². The van der Waals surface area contributed by atoms with Crippen LogP contribution in [-0.4, -0.2) is 9.36 Å². The third kappa shape index (κ3) is 1.05. The minimum absolute atomic E-state index is 0.273. The second kappa shape index (κ2) is 2.67. The zero-order valence-electron chi connectivity index (χ0n) is 5.43. The van der Waals surface area contributed by atoms with Crippen LogP contribution in [0, 0.1) is 5.00 Å². The number of pyridine rings is 1. The number of nitrogens with zero attached hydrogens (tertiary/aromatic N) is 3. The van der Waals surface area contributed by atoms with Crippen LogP contribution in [0.1, 0.15) is 0 Å². The molecule has 52 valence electrons. The van der Waals surface area contributed by atoms with Crippen LogP contribution in [0.4, 0.5) is 0 Å². The Bertz CT molecular complexity index is 431. The second-order valence-corrected chi connectivity index (χ2v) is 3.69. The SMILES string of the molecule is N#[P+]c1snc2ncccc12. The summed E-state index contributed by atoms with van der Waals surface area (Å²) in [6.07, 6.45) is 1.69. The summed E-state index contributed by atoms with van der Waals surface area (Å²) in [7, 11) is 0.273. The maximum atomic E-state index is 8.84. The number of fused-ring (bicyclic) bond motifs is 1. The summed E-state index contributed by atoms with van der Waals surface area (Å²) in [5.74, 6) is 0. The van der Waals surface area contributed by atoms with E-state index in [0.717, 1.165) is 10.0 Å². The van der Waals surface area contributed by atoms with Crippen molar-refractivity contribution in [1.82, 2.24) is 9.36 Å². The molecule has 0 radical (unpaired) electrons. The molecular formula is C6H3N3PS+. The second-order valence-electron chi connectivity index (χ2n) is 1.96. The molecule has 11 heavy (non-hydrogen) atoms. The quantitative estimate of drug-likeness (QED) is 0.580. The van der Waals surface area contributed by atoms with E-state index in [2.05, 4.69) is 9.36 Å². The van der Waals surface area contributed by atoms with E-state index in [1.165, 1.54) is 11.5 Å². The summed E-state index contributed by atoms with van der Waals surface area (Å²) in [6, 6.07) is 3.75. The van der Waals surface area contributed by atoms with Crippen LogP contribution in [-0.2, 0) is 0 Å². The van der Waals surface area contributed by atoms with Crippen LogP contribution in [0.5, 0.6) is 0 Å². The molecule has 0 amide bonds. The molecule has 0 saturated carbocycles. The molecule has 2 aromatic rings. The Hall–Kier alpha value is -0.820. The summed E-state index contributed by atoms with van der Waals surface area (Å²) >= 11 is 1.29. The van der Waals surface area contributed by atoms with Crippen LogP contribution in [0.2, 0.25) is 0 Å². The fraction of sp³-hybridized carbons (Fsp3) is 0. The van der Waals surface area contributed by atoms with E-state index in [-0.39, 0.29) is 8.22 Å². The van der Waals surface area contributed by atoms with Gasteiger partial charge in [-0.05, 0) is 0 Å². The van der Waals surface area contributed by atoms with Gasteiger partial charge in [0.25, 0.3) is 0 Å². The summed E-state index contributed by atoms with van der Waals surface area (Å²) in [4.78, 5) is 4.03. The van der Waals surface area contributed by atoms with E-state index < -0.39 is 0 Å². The molecule has 0 atom stereocenters. The van der Waals surface area contributed by atoms with Gasteiger partial charge >= 0.3 is 68.1 Å². The third-order valence-corrected chi connectivity index (χ3v) is 2.90. The van der Waals surface area contributed by atoms with Gasteiger partial charge in [-0.2, -0.15) is 0 Å². The van der Waals surface area contributed by atoms with E-state index in [0.29, 0.717) is 5.65 Å². The van der Waals surface area contributed by atoms with Crippen molar-refractivity contribution in [1.29, 1.82) is 5.00 Å². The molecule has 5 heteroatoms. The Labute approximate surface area is 68.6 Å². The van der Waals surface area contributed by atoms with Crippen LogP contribution in [0.25, 0.3) is 11.0 Å². The van der Waals surface area contributed by atoms with Crippen molar-refractivity contribution >= 4 is 35.4 Å². The van der Waals surface area contributed by atoms with Crippen molar-refractivity contribution in [2.24, 2.45) is 0 Å². The zero-order valence-corrected chi connectivity index (χ0v) is 7.14. The van der Waals surface area contributed by atoms with Crippen LogP contribution >= 0.6 is 19.7 Å². The van der Waals surface area contributed by atoms with Crippen LogP contribution < -0.4 is 4.62 Å². The molecule has 0 aliphatic carbocycles. The maximum absolute atomic E-state index is 8.84. The number of hydrogen-bond acceptors (Lipinski definition) is 4. The minimum atomic E-state index is 0.273. The van der Waals surface area contributed by atoms with Crippen molar-refractivity contribution in [3.63, 3.8) is 0 Å². The molecule has 0 aromatic carbocycles. The molecule has 3 nitrogen and oxygen atoms in total. The van der Waals surface area contributed by atoms with Gasteiger partial charge in [0.05, 0.1) is 0 Å². The molecule has 0 saturated heterocycles. The first-order chi connectivity index (χ1) is 5.42. The Morgan fingerprint density at radius 2 is 2.45 bits per heavy atom. The van der Waals surface area contributed by atoms with Crippen LogP contribution in [0.3, 0.4) is 0 Å². The summed E-state index contributed by atoms with van der Waals surface area (Å²) in [5.41, 5.74) is 0.717. The molecule has 0 N–H and O–H groups in total. The molecule has 2 heterocycles. The van der Waals surface area contributed by atoms with Crippen molar-refractivity contribution in [3.05, 3.63) is 18.3 Å². The Balaban J connectivity index is 2.89. The predicted molar refractivity (Wildman–Crippen MR) is 45.7 cm³/mol. The third-order valence-electron chi connectivity index (χ3n) is 1.33. The van der Waals surface area contributed by atoms with Gasteiger partial charge in [0.1, 0.15) is 0 Å². The first-order valence-corrected chi connectivity index (χ1v) is 4.59. The summed E-state index contributed by atoms with van der Waals surface area (Å²) < 4.78 is 4.91. The average Bonchev–Trinajstić information content (AvgIpc) is 2.47. The van der Waals surface area contributed by atoms with Crippen molar-refractivity contribution in [2.45, 2.75) is 0 Å². The Kier molecular flexibility index (Phi) is 1.66. The molecule has 0 bridgehead atoms. The zero-order chi connectivity index (χ0) is 7.68. The topological polar surface area (TPSA) is 49.6 Å². The molecule has 0 aliphatic heterocycles. The first-order valence-electron chi connectivity index (χ1n) is 2.97. The molecular weight excluding hydrogens is 177 g/mol. The van der Waals surface area contributed by atoms with Gasteiger partial charge in [0.15, 0.2) is 0 Å². The van der Waals surface area contributed by atoms with Gasteiger partial charge < -0.3 is 0 Å². The van der Waals surface area contributed by atoms with Crippen molar-refractivity contribution in [2.75, 3.05) is 0 Å². The van der Waals surface area contributed by atoms with Gasteiger partial charge in [-0.15, -0.1) is 0 Å². The van der Waals surface area contributed by atoms with E-state index in [9.17, 15) is 0 Å². The molecule has 0 unspecified atom stereocenters. The van der Waals surface area contributed by atoms with Gasteiger partial charge in [-0.1, -0.05) is 0 Å². The fourth-order valence-corrected chi connectivity index (χ4v) is 1.97. The number of aromatic nitrogens is 2. The van der Waals surface area contributed by atoms with Crippen molar-refractivity contribution in [3.8, 4) is 0 Å². The average molecular weight is 180 g/mol. The number of rotatable bonds is 0. The molecule has 2 rings (SSSR count). The molecule has 0 aliphatic rings. The Morgan fingerprint density at radius 1 is 1.55 bits per heavy atom. The monoisotopic (exact) mass is 180 g/mol. The van der Waals surface area contributed by atoms with Gasteiger partial charge in [0, 0.05) is 0 Å². The van der Waals surface area contributed by atoms with E-state index >= 15 is 0 Å². The first kappa shape index (κ1) is 6.86. The predicted octanol–water partition coefficient (Wildman–Crippen LogP) is 1.74. The molecule has 0 fully saturated rings. The fourth-order valence-electron chi connectivity index (χ4n) is 0.844. The summed E-state index contributed by atoms with van der Waals surface area (Å²) in [6.45, 7) is 0. The number of hydrogen-bond donors (Lipinski definition) is 0. The van der Waals surface area contributed by atoms with Gasteiger partial charge in [-0.3, -0.25) is 0 Å². The van der Waals surface area contributed by atoms with E-state index in [4.69, 9.17) is 5.00 Å².